The predicted octanol–water partition coefficient (Wildman–Crippen LogP) is 8.68. The second kappa shape index (κ2) is 12.3. The molecule has 0 aliphatic carbocycles. The number of rotatable bonds is 9. The van der Waals surface area contributed by atoms with Crippen molar-refractivity contribution in [1.29, 1.82) is 0 Å². The van der Waals surface area contributed by atoms with Crippen molar-refractivity contribution in [2.75, 3.05) is 13.2 Å². The fourth-order valence-electron chi connectivity index (χ4n) is 4.12. The van der Waals surface area contributed by atoms with E-state index in [0.29, 0.717) is 18.8 Å². The van der Waals surface area contributed by atoms with Gasteiger partial charge in [0.1, 0.15) is 11.6 Å². The van der Waals surface area contributed by atoms with Crippen LogP contribution in [-0.4, -0.2) is 19.6 Å². The first kappa shape index (κ1) is 29.4. The van der Waals surface area contributed by atoms with Gasteiger partial charge in [0.15, 0.2) is 17.9 Å². The fourth-order valence-corrected chi connectivity index (χ4v) is 4.12. The molecule has 0 bridgehead atoms. The highest BCUT2D eigenvalue weighted by Gasteiger charge is 2.38. The largest absolute Gasteiger partial charge is 0.573 e. The summed E-state index contributed by atoms with van der Waals surface area (Å²) in [5.41, 5.74) is -0.265. The maximum Gasteiger partial charge on any atom is 0.573 e. The van der Waals surface area contributed by atoms with Crippen molar-refractivity contribution in [3.63, 3.8) is 0 Å². The number of alkyl halides is 5. The van der Waals surface area contributed by atoms with Crippen molar-refractivity contribution in [3.05, 3.63) is 95.6 Å². The lowest BCUT2D eigenvalue weighted by atomic mass is 10.0. The SMILES string of the molecule is C/C=C/CCC1COC(c2ccc(C(F)(F)Oc3ccc(-c4ccc(OC(F)(F)F)c(F)c4)cc3)c(F)c2)OC1. The zero-order chi connectivity index (χ0) is 28.9. The van der Waals surface area contributed by atoms with Crippen molar-refractivity contribution in [2.24, 2.45) is 5.92 Å². The molecule has 214 valence electrons. The van der Waals surface area contributed by atoms with Gasteiger partial charge in [-0.05, 0) is 67.3 Å². The summed E-state index contributed by atoms with van der Waals surface area (Å²) >= 11 is 0. The number of hydrogen-bond donors (Lipinski definition) is 0. The molecule has 40 heavy (non-hydrogen) atoms. The maximum atomic E-state index is 14.8. The van der Waals surface area contributed by atoms with Crippen LogP contribution in [0.1, 0.15) is 37.2 Å². The van der Waals surface area contributed by atoms with E-state index in [-0.39, 0.29) is 22.8 Å². The molecule has 0 atom stereocenters. The summed E-state index contributed by atoms with van der Waals surface area (Å²) in [6.07, 6.45) is -4.23. The molecule has 11 heteroatoms. The lowest BCUT2D eigenvalue weighted by Gasteiger charge is -2.29. The van der Waals surface area contributed by atoms with Gasteiger partial charge in [-0.2, -0.15) is 8.78 Å². The van der Waals surface area contributed by atoms with E-state index in [1.165, 1.54) is 24.3 Å². The van der Waals surface area contributed by atoms with Gasteiger partial charge in [0.2, 0.25) is 0 Å². The topological polar surface area (TPSA) is 36.9 Å². The molecule has 1 heterocycles. The molecule has 0 radical (unpaired) electrons. The van der Waals surface area contributed by atoms with Crippen LogP contribution in [0.3, 0.4) is 0 Å². The smallest absolute Gasteiger partial charge is 0.429 e. The molecule has 4 nitrogen and oxygen atoms in total. The second-order valence-electron chi connectivity index (χ2n) is 9.09. The van der Waals surface area contributed by atoms with E-state index >= 15 is 0 Å². The fraction of sp³-hybridized carbons (Fsp3) is 0.310. The van der Waals surface area contributed by atoms with Gasteiger partial charge >= 0.3 is 12.5 Å². The minimum absolute atomic E-state index is 0.170. The Hall–Kier alpha value is -3.57. The van der Waals surface area contributed by atoms with Crippen LogP contribution in [0, 0.1) is 17.6 Å². The lowest BCUT2D eigenvalue weighted by Crippen LogP contribution is -2.27. The summed E-state index contributed by atoms with van der Waals surface area (Å²) in [7, 11) is 0. The van der Waals surface area contributed by atoms with E-state index in [1.807, 2.05) is 19.1 Å². The Kier molecular flexibility index (Phi) is 9.05. The summed E-state index contributed by atoms with van der Waals surface area (Å²) < 4.78 is 115. The zero-order valence-electron chi connectivity index (χ0n) is 21.2. The molecule has 3 aromatic rings. The highest BCUT2D eigenvalue weighted by molar-refractivity contribution is 5.65. The highest BCUT2D eigenvalue weighted by Crippen LogP contribution is 2.37. The van der Waals surface area contributed by atoms with Crippen LogP contribution in [0.4, 0.5) is 30.7 Å². The van der Waals surface area contributed by atoms with Crippen molar-refractivity contribution in [3.8, 4) is 22.6 Å². The van der Waals surface area contributed by atoms with Gasteiger partial charge < -0.3 is 18.9 Å². The molecule has 0 spiro atoms. The second-order valence-corrected chi connectivity index (χ2v) is 9.09. The quantitative estimate of drug-likeness (QED) is 0.191. The van der Waals surface area contributed by atoms with Crippen LogP contribution in [0.5, 0.6) is 11.5 Å². The monoisotopic (exact) mass is 570 g/mol. The first-order valence-electron chi connectivity index (χ1n) is 12.3. The first-order chi connectivity index (χ1) is 18.9. The minimum atomic E-state index is -5.06. The van der Waals surface area contributed by atoms with E-state index in [9.17, 15) is 30.7 Å². The zero-order valence-corrected chi connectivity index (χ0v) is 21.2. The Labute approximate surface area is 225 Å². The van der Waals surface area contributed by atoms with E-state index in [2.05, 4.69) is 4.74 Å². The van der Waals surface area contributed by atoms with Gasteiger partial charge in [-0.15, -0.1) is 13.2 Å². The summed E-state index contributed by atoms with van der Waals surface area (Å²) in [6, 6.07) is 10.8. The van der Waals surface area contributed by atoms with E-state index in [0.717, 1.165) is 49.2 Å². The van der Waals surface area contributed by atoms with Crippen LogP contribution < -0.4 is 9.47 Å². The van der Waals surface area contributed by atoms with Crippen molar-refractivity contribution in [1.82, 2.24) is 0 Å². The third-order valence-electron chi connectivity index (χ3n) is 6.11. The average Bonchev–Trinajstić information content (AvgIpc) is 2.90. The van der Waals surface area contributed by atoms with Gasteiger partial charge in [0.25, 0.3) is 0 Å². The van der Waals surface area contributed by atoms with Crippen molar-refractivity contribution < 1.29 is 49.7 Å². The Bertz CT molecular complexity index is 1310. The molecule has 1 aliphatic rings. The summed E-state index contributed by atoms with van der Waals surface area (Å²) in [5, 5.41) is 0. The van der Waals surface area contributed by atoms with Gasteiger partial charge in [-0.1, -0.05) is 36.4 Å². The van der Waals surface area contributed by atoms with E-state index in [4.69, 9.17) is 14.2 Å². The Morgan fingerprint density at radius 3 is 2.10 bits per heavy atom. The number of halogens is 7. The van der Waals surface area contributed by atoms with Crippen LogP contribution in [0.2, 0.25) is 0 Å². The molecule has 0 aromatic heterocycles. The molecule has 0 unspecified atom stereocenters. The third-order valence-corrected chi connectivity index (χ3v) is 6.11. The van der Waals surface area contributed by atoms with Crippen molar-refractivity contribution in [2.45, 2.75) is 38.5 Å². The van der Waals surface area contributed by atoms with Crippen LogP contribution in [-0.2, 0) is 15.6 Å². The Balaban J connectivity index is 1.40. The predicted molar refractivity (Wildman–Crippen MR) is 132 cm³/mol. The molecule has 0 N–H and O–H groups in total. The molecule has 0 amide bonds. The number of benzene rings is 3. The third kappa shape index (κ3) is 7.54. The molecule has 1 fully saturated rings. The molecule has 4 rings (SSSR count). The Morgan fingerprint density at radius 2 is 1.50 bits per heavy atom. The Morgan fingerprint density at radius 1 is 0.825 bits per heavy atom. The van der Waals surface area contributed by atoms with Gasteiger partial charge in [0.05, 0.1) is 18.8 Å². The average molecular weight is 571 g/mol. The number of hydrogen-bond acceptors (Lipinski definition) is 4. The van der Waals surface area contributed by atoms with E-state index < -0.39 is 41.7 Å². The van der Waals surface area contributed by atoms with Crippen LogP contribution >= 0.6 is 0 Å². The van der Waals surface area contributed by atoms with Crippen molar-refractivity contribution >= 4 is 0 Å². The number of allylic oxidation sites excluding steroid dienone is 2. The summed E-state index contributed by atoms with van der Waals surface area (Å²) in [4.78, 5) is 0. The molecular weight excluding hydrogens is 545 g/mol. The normalized spacial score (nSPS) is 18.2. The first-order valence-corrected chi connectivity index (χ1v) is 12.3. The minimum Gasteiger partial charge on any atom is -0.429 e. The molecule has 1 saturated heterocycles. The van der Waals surface area contributed by atoms with Gasteiger partial charge in [0, 0.05) is 11.5 Å². The van der Waals surface area contributed by atoms with Crippen LogP contribution in [0.25, 0.3) is 11.1 Å². The van der Waals surface area contributed by atoms with Gasteiger partial charge in [-0.3, -0.25) is 0 Å². The highest BCUT2D eigenvalue weighted by atomic mass is 19.4. The molecular formula is C29H25F7O4. The van der Waals surface area contributed by atoms with Crippen LogP contribution in [0.15, 0.2) is 72.8 Å². The number of ether oxygens (including phenoxy) is 4. The molecule has 3 aromatic carbocycles. The molecule has 0 saturated carbocycles. The standard InChI is InChI=1S/C29H25F7O4/c1-2-3-4-5-18-16-37-27(38-17-18)21-8-12-23(24(30)15-21)28(32,33)39-22-10-6-19(7-11-22)20-9-13-26(25(31)14-20)40-29(34,35)36/h2-3,6-15,18,27H,4-5,16-17H2,1H3/b3-2+. The molecule has 1 aliphatic heterocycles. The van der Waals surface area contributed by atoms with Gasteiger partial charge in [-0.25, -0.2) is 8.78 Å². The maximum absolute atomic E-state index is 14.8. The lowest BCUT2D eigenvalue weighted by molar-refractivity contribution is -0.275. The summed E-state index contributed by atoms with van der Waals surface area (Å²) in [5.74, 6) is -3.61. The summed E-state index contributed by atoms with van der Waals surface area (Å²) in [6.45, 7) is 2.74. The van der Waals surface area contributed by atoms with E-state index in [1.54, 1.807) is 0 Å².